The van der Waals surface area contributed by atoms with Gasteiger partial charge in [0, 0.05) is 44.8 Å². The number of carbonyl (C=O) groups excluding carboxylic acids is 1. The number of hydrogen-bond donors (Lipinski definition) is 1. The van der Waals surface area contributed by atoms with Crippen LogP contribution in [0, 0.1) is 11.7 Å². The minimum absolute atomic E-state index is 0.156. The van der Waals surface area contributed by atoms with E-state index in [2.05, 4.69) is 41.8 Å². The fourth-order valence-corrected chi connectivity index (χ4v) is 4.75. The Labute approximate surface area is 224 Å². The Morgan fingerprint density at radius 1 is 1.03 bits per heavy atom. The summed E-state index contributed by atoms with van der Waals surface area (Å²) in [5.41, 5.74) is 3.18. The molecule has 0 amide bonds. The van der Waals surface area contributed by atoms with Crippen molar-refractivity contribution in [1.82, 2.24) is 19.6 Å². The average Bonchev–Trinajstić information content (AvgIpc) is 3.31. The minimum atomic E-state index is -0.635. The molecule has 1 aliphatic heterocycles. The van der Waals surface area contributed by atoms with E-state index in [0.717, 1.165) is 44.0 Å². The molecule has 8 heteroatoms. The van der Waals surface area contributed by atoms with Gasteiger partial charge in [-0.3, -0.25) is 14.6 Å². The molecule has 0 radical (unpaired) electrons. The van der Waals surface area contributed by atoms with Crippen LogP contribution in [0.2, 0.25) is 0 Å². The van der Waals surface area contributed by atoms with E-state index in [1.807, 2.05) is 22.9 Å². The van der Waals surface area contributed by atoms with Crippen LogP contribution in [-0.2, 0) is 17.6 Å². The Bertz CT molecular complexity index is 1140. The Morgan fingerprint density at radius 2 is 1.71 bits per heavy atom. The van der Waals surface area contributed by atoms with Crippen LogP contribution in [0.15, 0.2) is 60.7 Å². The Balaban J connectivity index is 1.18. The van der Waals surface area contributed by atoms with Gasteiger partial charge in [-0.05, 0) is 61.2 Å². The first-order chi connectivity index (χ1) is 18.4. The van der Waals surface area contributed by atoms with Gasteiger partial charge in [-0.2, -0.15) is 5.10 Å². The summed E-state index contributed by atoms with van der Waals surface area (Å²) in [5.74, 6) is 0.970. The molecule has 0 spiro atoms. The maximum Gasteiger partial charge on any atom is 0.147 e. The van der Waals surface area contributed by atoms with E-state index in [1.165, 1.54) is 17.8 Å². The summed E-state index contributed by atoms with van der Waals surface area (Å²) in [6, 6.07) is 18.1. The van der Waals surface area contributed by atoms with Gasteiger partial charge in [0.1, 0.15) is 30.1 Å². The number of aliphatic hydroxyl groups excluding tert-OH is 1. The molecule has 0 bridgehead atoms. The van der Waals surface area contributed by atoms with Crippen LogP contribution in [0.5, 0.6) is 5.75 Å². The Morgan fingerprint density at radius 3 is 2.39 bits per heavy atom. The summed E-state index contributed by atoms with van der Waals surface area (Å²) in [4.78, 5) is 17.1. The molecule has 1 atom stereocenters. The number of β-amino-alcohol motifs (C(OH)–C–C–N with tert-alkyl or cyclic N) is 1. The topological polar surface area (TPSA) is 70.8 Å². The molecule has 1 fully saturated rings. The normalized spacial score (nSPS) is 15.6. The van der Waals surface area contributed by atoms with E-state index in [4.69, 9.17) is 9.84 Å². The van der Waals surface area contributed by atoms with Gasteiger partial charge in [-0.25, -0.2) is 9.07 Å². The van der Waals surface area contributed by atoms with Crippen molar-refractivity contribution >= 4 is 5.78 Å². The van der Waals surface area contributed by atoms with Crippen molar-refractivity contribution in [2.24, 2.45) is 5.92 Å². The van der Waals surface area contributed by atoms with Crippen molar-refractivity contribution in [3.05, 3.63) is 77.9 Å². The smallest absolute Gasteiger partial charge is 0.147 e. The number of aromatic nitrogens is 2. The lowest BCUT2D eigenvalue weighted by molar-refractivity contribution is -0.120. The van der Waals surface area contributed by atoms with Crippen molar-refractivity contribution < 1.29 is 19.0 Å². The monoisotopic (exact) mass is 522 g/mol. The number of Topliss-reactive ketones (excluding diaryl/α,β-unsaturated/α-hetero) is 1. The number of aliphatic hydroxyl groups is 1. The first-order valence-corrected chi connectivity index (χ1v) is 13.5. The van der Waals surface area contributed by atoms with Crippen molar-refractivity contribution in [1.29, 1.82) is 0 Å². The lowest BCUT2D eigenvalue weighted by Crippen LogP contribution is -2.50. The van der Waals surface area contributed by atoms with Crippen LogP contribution in [0.1, 0.15) is 31.7 Å². The molecule has 2 aromatic carbocycles. The van der Waals surface area contributed by atoms with E-state index in [-0.39, 0.29) is 18.2 Å². The predicted molar refractivity (Wildman–Crippen MR) is 146 cm³/mol. The predicted octanol–water partition coefficient (Wildman–Crippen LogP) is 3.77. The highest BCUT2D eigenvalue weighted by Gasteiger charge is 2.21. The molecule has 0 saturated carbocycles. The van der Waals surface area contributed by atoms with Gasteiger partial charge in [0.2, 0.25) is 0 Å². The summed E-state index contributed by atoms with van der Waals surface area (Å²) in [5, 5.41) is 15.2. The Hall–Kier alpha value is -3.07. The third-order valence-corrected chi connectivity index (χ3v) is 6.70. The van der Waals surface area contributed by atoms with Crippen molar-refractivity contribution in [3.8, 4) is 11.4 Å². The summed E-state index contributed by atoms with van der Waals surface area (Å²) in [6.07, 6.45) is 1.42. The zero-order valence-electron chi connectivity index (χ0n) is 22.4. The number of piperazine rings is 1. The third kappa shape index (κ3) is 8.48. The molecular weight excluding hydrogens is 483 g/mol. The highest BCUT2D eigenvalue weighted by Crippen LogP contribution is 2.17. The lowest BCUT2D eigenvalue weighted by Gasteiger charge is -2.35. The SMILES string of the molecule is CC(C)Cc1cc(CCC(=O)CN2CCN(C[C@H](O)COc3ccc(F)cc3)CC2)nn1-c1ccccc1. The summed E-state index contributed by atoms with van der Waals surface area (Å²) < 4.78 is 20.6. The highest BCUT2D eigenvalue weighted by atomic mass is 19.1. The van der Waals surface area contributed by atoms with Gasteiger partial charge in [-0.15, -0.1) is 0 Å². The summed E-state index contributed by atoms with van der Waals surface area (Å²) >= 11 is 0. The van der Waals surface area contributed by atoms with Gasteiger partial charge in [0.05, 0.1) is 17.9 Å². The van der Waals surface area contributed by atoms with Crippen molar-refractivity contribution in [2.45, 2.75) is 39.2 Å². The summed E-state index contributed by atoms with van der Waals surface area (Å²) in [6.45, 7) is 8.68. The third-order valence-electron chi connectivity index (χ3n) is 6.70. The molecule has 1 aliphatic rings. The first-order valence-electron chi connectivity index (χ1n) is 13.5. The molecule has 1 N–H and O–H groups in total. The fourth-order valence-electron chi connectivity index (χ4n) is 4.75. The first kappa shape index (κ1) is 28.0. The lowest BCUT2D eigenvalue weighted by atomic mass is 10.1. The van der Waals surface area contributed by atoms with Crippen LogP contribution in [0.3, 0.4) is 0 Å². The number of hydrogen-bond acceptors (Lipinski definition) is 6. The molecule has 7 nitrogen and oxygen atoms in total. The van der Waals surface area contributed by atoms with Gasteiger partial charge in [0.25, 0.3) is 0 Å². The van der Waals surface area contributed by atoms with E-state index < -0.39 is 6.10 Å². The maximum absolute atomic E-state index is 13.0. The van der Waals surface area contributed by atoms with Crippen LogP contribution >= 0.6 is 0 Å². The molecule has 4 rings (SSSR count). The number of carbonyl (C=O) groups is 1. The summed E-state index contributed by atoms with van der Waals surface area (Å²) in [7, 11) is 0. The van der Waals surface area contributed by atoms with E-state index in [9.17, 15) is 14.3 Å². The van der Waals surface area contributed by atoms with E-state index in [0.29, 0.717) is 37.6 Å². The number of rotatable bonds is 13. The quantitative estimate of drug-likeness (QED) is 0.369. The number of halogens is 1. The minimum Gasteiger partial charge on any atom is -0.491 e. The van der Waals surface area contributed by atoms with Gasteiger partial charge in [-0.1, -0.05) is 32.0 Å². The number of aryl methyl sites for hydroxylation is 1. The molecular formula is C30H39FN4O3. The molecule has 1 saturated heterocycles. The second kappa shape index (κ2) is 13.6. The van der Waals surface area contributed by atoms with Crippen molar-refractivity contribution in [2.75, 3.05) is 45.9 Å². The zero-order chi connectivity index (χ0) is 26.9. The molecule has 0 unspecified atom stereocenters. The number of benzene rings is 2. The van der Waals surface area contributed by atoms with Gasteiger partial charge < -0.3 is 9.84 Å². The number of nitrogens with zero attached hydrogens (tertiary/aromatic N) is 4. The molecule has 38 heavy (non-hydrogen) atoms. The van der Waals surface area contributed by atoms with Crippen LogP contribution in [0.4, 0.5) is 4.39 Å². The van der Waals surface area contributed by atoms with Crippen LogP contribution < -0.4 is 4.74 Å². The second-order valence-electron chi connectivity index (χ2n) is 10.5. The van der Waals surface area contributed by atoms with Gasteiger partial charge >= 0.3 is 0 Å². The van der Waals surface area contributed by atoms with Gasteiger partial charge in [0.15, 0.2) is 0 Å². The van der Waals surface area contributed by atoms with Crippen LogP contribution in [0.25, 0.3) is 5.69 Å². The number of para-hydroxylation sites is 1. The Kier molecular flexibility index (Phi) is 10.0. The molecule has 204 valence electrons. The van der Waals surface area contributed by atoms with E-state index >= 15 is 0 Å². The average molecular weight is 523 g/mol. The molecule has 1 aromatic heterocycles. The van der Waals surface area contributed by atoms with E-state index in [1.54, 1.807) is 12.1 Å². The standard InChI is InChI=1S/C30H39FN4O3/c1-23(2)18-27-19-25(32-35(27)26-6-4-3-5-7-26)10-11-28(36)20-33-14-16-34(17-15-33)21-29(37)22-38-30-12-8-24(31)9-13-30/h3-9,12-13,19,23,29,37H,10-11,14-18,20-22H2,1-2H3/t29-/m0/s1. The zero-order valence-corrected chi connectivity index (χ0v) is 22.4. The molecule has 3 aromatic rings. The molecule has 2 heterocycles. The largest absolute Gasteiger partial charge is 0.491 e. The fraction of sp³-hybridized carbons (Fsp3) is 0.467. The number of ether oxygens (including phenoxy) is 1. The number of ketones is 1. The maximum atomic E-state index is 13.0. The van der Waals surface area contributed by atoms with Crippen LogP contribution in [-0.4, -0.2) is 82.4 Å². The molecule has 0 aliphatic carbocycles. The second-order valence-corrected chi connectivity index (χ2v) is 10.5. The van der Waals surface area contributed by atoms with Crippen molar-refractivity contribution in [3.63, 3.8) is 0 Å². The highest BCUT2D eigenvalue weighted by molar-refractivity contribution is 5.80.